The predicted octanol–water partition coefficient (Wildman–Crippen LogP) is 1.15. The number of imide groups is 1. The van der Waals surface area contributed by atoms with E-state index in [2.05, 4.69) is 0 Å². The lowest BCUT2D eigenvalue weighted by Crippen LogP contribution is -2.68. The number of carbonyl (C=O) groups is 4. The highest BCUT2D eigenvalue weighted by atomic mass is 16.2. The molecule has 156 valence electrons. The lowest BCUT2D eigenvalue weighted by atomic mass is 9.79. The summed E-state index contributed by atoms with van der Waals surface area (Å²) in [4.78, 5) is 57.1. The summed E-state index contributed by atoms with van der Waals surface area (Å²) in [6, 6.07) is 8.96. The van der Waals surface area contributed by atoms with Crippen molar-refractivity contribution in [1.29, 1.82) is 0 Å². The molecule has 4 atom stereocenters. The Kier molecular flexibility index (Phi) is 4.14. The van der Waals surface area contributed by atoms with Crippen LogP contribution in [0.25, 0.3) is 6.08 Å². The number of carbonyl (C=O) groups excluding carboxylic acids is 4. The van der Waals surface area contributed by atoms with Crippen molar-refractivity contribution < 1.29 is 19.2 Å². The third-order valence-corrected chi connectivity index (χ3v) is 7.12. The first-order chi connectivity index (χ1) is 14.3. The van der Waals surface area contributed by atoms with Crippen LogP contribution in [-0.4, -0.2) is 70.0 Å². The van der Waals surface area contributed by atoms with Crippen molar-refractivity contribution in [2.75, 3.05) is 20.1 Å². The molecule has 1 aromatic rings. The molecule has 1 aliphatic carbocycles. The van der Waals surface area contributed by atoms with Gasteiger partial charge in [-0.3, -0.25) is 24.1 Å². The van der Waals surface area contributed by atoms with Crippen LogP contribution in [0.5, 0.6) is 0 Å². The Morgan fingerprint density at radius 1 is 1.07 bits per heavy atom. The monoisotopic (exact) mass is 407 g/mol. The first kappa shape index (κ1) is 19.0. The van der Waals surface area contributed by atoms with Crippen LogP contribution in [0.4, 0.5) is 0 Å². The Morgan fingerprint density at radius 2 is 1.77 bits per heavy atom. The molecule has 3 saturated heterocycles. The fraction of sp³-hybridized carbons (Fsp3) is 0.478. The second-order valence-electron chi connectivity index (χ2n) is 9.04. The Hall–Kier alpha value is -2.96. The Bertz CT molecular complexity index is 970. The largest absolute Gasteiger partial charge is 0.331 e. The van der Waals surface area contributed by atoms with Gasteiger partial charge in [-0.1, -0.05) is 42.5 Å². The molecule has 0 aromatic heterocycles. The molecule has 1 aromatic carbocycles. The number of benzene rings is 1. The number of amides is 4. The average Bonchev–Trinajstić information content (AvgIpc) is 3.46. The molecule has 1 saturated carbocycles. The van der Waals surface area contributed by atoms with Crippen molar-refractivity contribution in [3.05, 3.63) is 42.0 Å². The Balaban J connectivity index is 1.57. The van der Waals surface area contributed by atoms with E-state index in [4.69, 9.17) is 0 Å². The highest BCUT2D eigenvalue weighted by molar-refractivity contribution is 6.12. The first-order valence-electron chi connectivity index (χ1n) is 10.5. The zero-order valence-electron chi connectivity index (χ0n) is 17.2. The van der Waals surface area contributed by atoms with E-state index in [1.807, 2.05) is 42.5 Å². The number of likely N-dealkylation sites (tertiary alicyclic amines) is 1. The standard InChI is InChI=1S/C23H25N3O4/c1-23-19-18(20(28)24(2)21(19)29)16(11-10-14-6-4-3-5-7-14)26(23)17(27)13-25(22(23)30)12-15-8-9-15/h3-7,10-11,15-16,18-19H,8-9,12-13H2,1-2H3/t16?,18?,19?,23-/m1/s1. The van der Waals surface area contributed by atoms with Crippen LogP contribution < -0.4 is 0 Å². The molecule has 4 amide bonds. The van der Waals surface area contributed by atoms with Gasteiger partial charge in [-0.15, -0.1) is 0 Å². The lowest BCUT2D eigenvalue weighted by molar-refractivity contribution is -0.166. The second kappa shape index (κ2) is 6.52. The molecule has 7 nitrogen and oxygen atoms in total. The summed E-state index contributed by atoms with van der Waals surface area (Å²) in [6.45, 7) is 2.23. The summed E-state index contributed by atoms with van der Waals surface area (Å²) in [5.74, 6) is -2.25. The van der Waals surface area contributed by atoms with Crippen LogP contribution in [-0.2, 0) is 19.2 Å². The van der Waals surface area contributed by atoms with Gasteiger partial charge >= 0.3 is 0 Å². The zero-order valence-corrected chi connectivity index (χ0v) is 17.2. The Morgan fingerprint density at radius 3 is 2.43 bits per heavy atom. The van der Waals surface area contributed by atoms with Crippen LogP contribution in [0.3, 0.4) is 0 Å². The summed E-state index contributed by atoms with van der Waals surface area (Å²) >= 11 is 0. The second-order valence-corrected chi connectivity index (χ2v) is 9.04. The van der Waals surface area contributed by atoms with Crippen LogP contribution in [0.1, 0.15) is 25.3 Å². The van der Waals surface area contributed by atoms with Crippen molar-refractivity contribution in [2.45, 2.75) is 31.3 Å². The number of piperazine rings is 1. The van der Waals surface area contributed by atoms with Crippen molar-refractivity contribution in [2.24, 2.45) is 17.8 Å². The Labute approximate surface area is 175 Å². The maximum absolute atomic E-state index is 13.6. The molecule has 30 heavy (non-hydrogen) atoms. The number of rotatable bonds is 4. The summed E-state index contributed by atoms with van der Waals surface area (Å²) in [7, 11) is 1.46. The van der Waals surface area contributed by atoms with Crippen molar-refractivity contribution >= 4 is 29.7 Å². The van der Waals surface area contributed by atoms with Gasteiger partial charge in [0.05, 0.1) is 24.4 Å². The van der Waals surface area contributed by atoms with Crippen molar-refractivity contribution in [3.63, 3.8) is 0 Å². The maximum Gasteiger partial charge on any atom is 0.249 e. The molecule has 0 spiro atoms. The predicted molar refractivity (Wildman–Crippen MR) is 109 cm³/mol. The number of hydrogen-bond acceptors (Lipinski definition) is 4. The molecule has 0 bridgehead atoms. The highest BCUT2D eigenvalue weighted by Gasteiger charge is 2.71. The minimum Gasteiger partial charge on any atom is -0.331 e. The topological polar surface area (TPSA) is 78.0 Å². The van der Waals surface area contributed by atoms with Gasteiger partial charge in [0.2, 0.25) is 23.6 Å². The van der Waals surface area contributed by atoms with E-state index in [0.29, 0.717) is 12.5 Å². The molecule has 7 heteroatoms. The first-order valence-corrected chi connectivity index (χ1v) is 10.5. The molecule has 4 fully saturated rings. The van der Waals surface area contributed by atoms with E-state index in [9.17, 15) is 19.2 Å². The highest BCUT2D eigenvalue weighted by Crippen LogP contribution is 2.51. The lowest BCUT2D eigenvalue weighted by Gasteiger charge is -2.46. The van der Waals surface area contributed by atoms with Gasteiger partial charge in [0, 0.05) is 13.6 Å². The van der Waals surface area contributed by atoms with Gasteiger partial charge in [-0.2, -0.15) is 0 Å². The smallest absolute Gasteiger partial charge is 0.249 e. The molecule has 3 aliphatic heterocycles. The van der Waals surface area contributed by atoms with Gasteiger partial charge in [-0.05, 0) is 31.2 Å². The van der Waals surface area contributed by atoms with Gasteiger partial charge in [0.15, 0.2) is 0 Å². The van der Waals surface area contributed by atoms with E-state index in [1.165, 1.54) is 11.9 Å². The molecule has 4 aliphatic rings. The fourth-order valence-electron chi connectivity index (χ4n) is 5.42. The van der Waals surface area contributed by atoms with E-state index in [1.54, 1.807) is 11.8 Å². The molecular formula is C23H25N3O4. The number of nitrogens with zero attached hydrogens (tertiary/aromatic N) is 3. The van der Waals surface area contributed by atoms with Crippen LogP contribution in [0.15, 0.2) is 36.4 Å². The summed E-state index contributed by atoms with van der Waals surface area (Å²) in [5, 5.41) is 0. The van der Waals surface area contributed by atoms with Crippen LogP contribution in [0, 0.1) is 17.8 Å². The molecule has 0 radical (unpaired) electrons. The molecular weight excluding hydrogens is 382 g/mol. The SMILES string of the molecule is CN1C(=O)C2C(C=Cc3ccccc3)N3C(=O)CN(CC4CC4)C(=O)[C@@]3(C)C2C1=O. The van der Waals surface area contributed by atoms with Gasteiger partial charge in [-0.25, -0.2) is 0 Å². The maximum atomic E-state index is 13.6. The zero-order chi connectivity index (χ0) is 21.2. The third kappa shape index (κ3) is 2.57. The van der Waals surface area contributed by atoms with E-state index in [-0.39, 0.29) is 30.2 Å². The van der Waals surface area contributed by atoms with Crippen molar-refractivity contribution in [1.82, 2.24) is 14.7 Å². The minimum absolute atomic E-state index is 0.0122. The minimum atomic E-state index is -1.34. The number of fused-ring (bicyclic) bond motifs is 3. The third-order valence-electron chi connectivity index (χ3n) is 7.12. The quantitative estimate of drug-likeness (QED) is 0.702. The van der Waals surface area contributed by atoms with E-state index in [0.717, 1.165) is 23.3 Å². The molecule has 3 heterocycles. The van der Waals surface area contributed by atoms with E-state index >= 15 is 0 Å². The van der Waals surface area contributed by atoms with Gasteiger partial charge < -0.3 is 9.80 Å². The van der Waals surface area contributed by atoms with Crippen molar-refractivity contribution in [3.8, 4) is 0 Å². The normalized spacial score (nSPS) is 33.7. The fourth-order valence-corrected chi connectivity index (χ4v) is 5.42. The van der Waals surface area contributed by atoms with Gasteiger partial charge in [0.25, 0.3) is 0 Å². The summed E-state index contributed by atoms with van der Waals surface area (Å²) in [5.41, 5.74) is -0.406. The summed E-state index contributed by atoms with van der Waals surface area (Å²) in [6.07, 6.45) is 5.79. The van der Waals surface area contributed by atoms with Gasteiger partial charge in [0.1, 0.15) is 5.54 Å². The average molecular weight is 407 g/mol. The number of hydrogen-bond donors (Lipinski definition) is 0. The molecule has 5 rings (SSSR count). The van der Waals surface area contributed by atoms with E-state index < -0.39 is 23.4 Å². The van der Waals surface area contributed by atoms with Crippen LogP contribution >= 0.6 is 0 Å². The summed E-state index contributed by atoms with van der Waals surface area (Å²) < 4.78 is 0. The molecule has 3 unspecified atom stereocenters. The molecule has 0 N–H and O–H groups in total. The van der Waals surface area contributed by atoms with Crippen LogP contribution in [0.2, 0.25) is 0 Å².